The predicted octanol–water partition coefficient (Wildman–Crippen LogP) is 0.555. The standard InChI is InChI=1S/C15H22N2O4/c18-12(16-7-9-21-10-8-16)3-6-17-13(19)11-15(14(17)20)4-1-2-5-15/h1-11H2. The van der Waals surface area contributed by atoms with E-state index in [1.54, 1.807) is 4.90 Å². The first-order valence-electron chi connectivity index (χ1n) is 7.83. The SMILES string of the molecule is O=C(CCN1C(=O)CC2(CCCC2)C1=O)N1CCOCC1. The van der Waals surface area contributed by atoms with Crippen molar-refractivity contribution in [3.8, 4) is 0 Å². The van der Waals surface area contributed by atoms with Crippen LogP contribution < -0.4 is 0 Å². The highest BCUT2D eigenvalue weighted by Gasteiger charge is 2.52. The number of carbonyl (C=O) groups is 3. The van der Waals surface area contributed by atoms with E-state index in [1.165, 1.54) is 4.90 Å². The Bertz CT molecular complexity index is 451. The second-order valence-electron chi connectivity index (χ2n) is 6.26. The molecule has 2 heterocycles. The van der Waals surface area contributed by atoms with E-state index in [-0.39, 0.29) is 30.7 Å². The highest BCUT2D eigenvalue weighted by molar-refractivity contribution is 6.06. The zero-order chi connectivity index (χ0) is 14.9. The van der Waals surface area contributed by atoms with Gasteiger partial charge in [0.1, 0.15) is 0 Å². The molecule has 0 radical (unpaired) electrons. The molecule has 1 aliphatic carbocycles. The van der Waals surface area contributed by atoms with Gasteiger partial charge in [0.25, 0.3) is 0 Å². The molecule has 1 saturated carbocycles. The predicted molar refractivity (Wildman–Crippen MR) is 74.3 cm³/mol. The maximum absolute atomic E-state index is 12.5. The molecular formula is C15H22N2O4. The molecule has 0 bridgehead atoms. The van der Waals surface area contributed by atoms with Gasteiger partial charge in [-0.25, -0.2) is 0 Å². The molecule has 3 fully saturated rings. The van der Waals surface area contributed by atoms with E-state index >= 15 is 0 Å². The molecule has 3 aliphatic rings. The van der Waals surface area contributed by atoms with Crippen molar-refractivity contribution in [3.63, 3.8) is 0 Å². The van der Waals surface area contributed by atoms with Crippen LogP contribution in [0.3, 0.4) is 0 Å². The first kappa shape index (κ1) is 14.5. The normalized spacial score (nSPS) is 25.1. The number of rotatable bonds is 3. The lowest BCUT2D eigenvalue weighted by Crippen LogP contribution is -2.43. The zero-order valence-electron chi connectivity index (χ0n) is 12.3. The Hall–Kier alpha value is -1.43. The fraction of sp³-hybridized carbons (Fsp3) is 0.800. The first-order chi connectivity index (χ1) is 10.1. The van der Waals surface area contributed by atoms with Crippen molar-refractivity contribution in [2.24, 2.45) is 5.41 Å². The van der Waals surface area contributed by atoms with Crippen molar-refractivity contribution in [3.05, 3.63) is 0 Å². The number of morpholine rings is 1. The van der Waals surface area contributed by atoms with E-state index in [2.05, 4.69) is 0 Å². The Balaban J connectivity index is 1.56. The van der Waals surface area contributed by atoms with Crippen molar-refractivity contribution >= 4 is 17.7 Å². The third kappa shape index (κ3) is 2.69. The first-order valence-corrected chi connectivity index (χ1v) is 7.83. The van der Waals surface area contributed by atoms with Crippen molar-refractivity contribution in [1.29, 1.82) is 0 Å². The summed E-state index contributed by atoms with van der Waals surface area (Å²) in [5.41, 5.74) is -0.431. The van der Waals surface area contributed by atoms with E-state index in [0.29, 0.717) is 32.7 Å². The Kier molecular flexibility index (Phi) is 3.97. The van der Waals surface area contributed by atoms with Gasteiger partial charge in [-0.15, -0.1) is 0 Å². The maximum atomic E-state index is 12.5. The number of amides is 3. The molecule has 0 aromatic rings. The number of likely N-dealkylation sites (tertiary alicyclic amines) is 1. The van der Waals surface area contributed by atoms with E-state index < -0.39 is 5.41 Å². The minimum absolute atomic E-state index is 0.00581. The molecule has 2 aliphatic heterocycles. The topological polar surface area (TPSA) is 66.9 Å². The van der Waals surface area contributed by atoms with Gasteiger partial charge in [-0.1, -0.05) is 12.8 Å². The van der Waals surface area contributed by atoms with Crippen LogP contribution in [0.1, 0.15) is 38.5 Å². The molecule has 3 rings (SSSR count). The smallest absolute Gasteiger partial charge is 0.235 e. The van der Waals surface area contributed by atoms with Crippen LogP contribution in [0.5, 0.6) is 0 Å². The van der Waals surface area contributed by atoms with Crippen molar-refractivity contribution in [2.45, 2.75) is 38.5 Å². The maximum Gasteiger partial charge on any atom is 0.235 e. The minimum atomic E-state index is -0.431. The van der Waals surface area contributed by atoms with Gasteiger partial charge in [-0.3, -0.25) is 19.3 Å². The summed E-state index contributed by atoms with van der Waals surface area (Å²) < 4.78 is 5.21. The number of hydrogen-bond donors (Lipinski definition) is 0. The highest BCUT2D eigenvalue weighted by Crippen LogP contribution is 2.46. The quantitative estimate of drug-likeness (QED) is 0.713. The number of imide groups is 1. The van der Waals surface area contributed by atoms with Crippen LogP contribution in [-0.4, -0.2) is 60.4 Å². The van der Waals surface area contributed by atoms with Crippen LogP contribution in [-0.2, 0) is 19.1 Å². The van der Waals surface area contributed by atoms with Gasteiger partial charge in [-0.05, 0) is 12.8 Å². The van der Waals surface area contributed by atoms with E-state index in [9.17, 15) is 14.4 Å². The average molecular weight is 294 g/mol. The van der Waals surface area contributed by atoms with Crippen molar-refractivity contribution in [1.82, 2.24) is 9.80 Å². The fourth-order valence-electron chi connectivity index (χ4n) is 3.71. The number of hydrogen-bond acceptors (Lipinski definition) is 4. The van der Waals surface area contributed by atoms with Gasteiger partial charge >= 0.3 is 0 Å². The van der Waals surface area contributed by atoms with Crippen LogP contribution in [0.25, 0.3) is 0 Å². The molecule has 6 heteroatoms. The molecule has 0 aromatic heterocycles. The molecule has 116 valence electrons. The van der Waals surface area contributed by atoms with Gasteiger partial charge in [0.05, 0.1) is 18.6 Å². The van der Waals surface area contributed by atoms with Gasteiger partial charge in [-0.2, -0.15) is 0 Å². The van der Waals surface area contributed by atoms with E-state index in [4.69, 9.17) is 4.74 Å². The second-order valence-corrected chi connectivity index (χ2v) is 6.26. The summed E-state index contributed by atoms with van der Waals surface area (Å²) >= 11 is 0. The van der Waals surface area contributed by atoms with Crippen LogP contribution in [0.15, 0.2) is 0 Å². The average Bonchev–Trinajstić information content (AvgIpc) is 3.05. The van der Waals surface area contributed by atoms with Crippen LogP contribution in [0.4, 0.5) is 0 Å². The highest BCUT2D eigenvalue weighted by atomic mass is 16.5. The summed E-state index contributed by atoms with van der Waals surface area (Å²) in [6.07, 6.45) is 4.28. The van der Waals surface area contributed by atoms with E-state index in [0.717, 1.165) is 25.7 Å². The molecule has 2 saturated heterocycles. The third-order valence-corrected chi connectivity index (χ3v) is 4.96. The Morgan fingerprint density at radius 3 is 2.48 bits per heavy atom. The fourth-order valence-corrected chi connectivity index (χ4v) is 3.71. The molecule has 21 heavy (non-hydrogen) atoms. The summed E-state index contributed by atoms with van der Waals surface area (Å²) in [7, 11) is 0. The summed E-state index contributed by atoms with van der Waals surface area (Å²) in [5, 5.41) is 0. The van der Waals surface area contributed by atoms with Gasteiger partial charge < -0.3 is 9.64 Å². The lowest BCUT2D eigenvalue weighted by atomic mass is 9.84. The largest absolute Gasteiger partial charge is 0.378 e. The molecule has 0 atom stereocenters. The minimum Gasteiger partial charge on any atom is -0.378 e. The van der Waals surface area contributed by atoms with Crippen molar-refractivity contribution < 1.29 is 19.1 Å². The van der Waals surface area contributed by atoms with Gasteiger partial charge in [0.15, 0.2) is 0 Å². The number of ether oxygens (including phenoxy) is 1. The van der Waals surface area contributed by atoms with Crippen molar-refractivity contribution in [2.75, 3.05) is 32.8 Å². The van der Waals surface area contributed by atoms with Crippen LogP contribution in [0, 0.1) is 5.41 Å². The molecule has 0 N–H and O–H groups in total. The summed E-state index contributed by atoms with van der Waals surface area (Å²) in [6, 6.07) is 0. The third-order valence-electron chi connectivity index (χ3n) is 4.96. The number of nitrogens with zero attached hydrogens (tertiary/aromatic N) is 2. The summed E-state index contributed by atoms with van der Waals surface area (Å²) in [5.74, 6) is -0.136. The Labute approximate surface area is 124 Å². The molecule has 3 amide bonds. The van der Waals surface area contributed by atoms with Gasteiger partial charge in [0, 0.05) is 32.5 Å². The Morgan fingerprint density at radius 1 is 1.14 bits per heavy atom. The van der Waals surface area contributed by atoms with Gasteiger partial charge in [0.2, 0.25) is 17.7 Å². The molecule has 0 aromatic carbocycles. The summed E-state index contributed by atoms with van der Waals surface area (Å²) in [4.78, 5) is 39.8. The van der Waals surface area contributed by atoms with Crippen LogP contribution >= 0.6 is 0 Å². The second kappa shape index (κ2) is 5.75. The van der Waals surface area contributed by atoms with Crippen LogP contribution in [0.2, 0.25) is 0 Å². The molecular weight excluding hydrogens is 272 g/mol. The zero-order valence-corrected chi connectivity index (χ0v) is 12.3. The van der Waals surface area contributed by atoms with E-state index in [1.807, 2.05) is 0 Å². The molecule has 1 spiro atoms. The monoisotopic (exact) mass is 294 g/mol. The molecule has 6 nitrogen and oxygen atoms in total. The Morgan fingerprint density at radius 2 is 1.81 bits per heavy atom. The summed E-state index contributed by atoms with van der Waals surface area (Å²) in [6.45, 7) is 2.57. The molecule has 0 unspecified atom stereocenters. The number of carbonyl (C=O) groups excluding carboxylic acids is 3. The lowest BCUT2D eigenvalue weighted by Gasteiger charge is -2.27. The lowest BCUT2D eigenvalue weighted by molar-refractivity contribution is -0.142.